The van der Waals surface area contributed by atoms with E-state index in [0.717, 1.165) is 30.6 Å². The summed E-state index contributed by atoms with van der Waals surface area (Å²) in [5.41, 5.74) is 0. The Labute approximate surface area is 126 Å². The first-order valence-electron chi connectivity index (χ1n) is 9.25. The van der Waals surface area contributed by atoms with Gasteiger partial charge in [0.05, 0.1) is 0 Å². The molecule has 1 aliphatic heterocycles. The number of likely N-dealkylation sites (N-methyl/N-ethyl adjacent to an activating group) is 1. The number of likely N-dealkylation sites (tertiary alicyclic amines) is 1. The van der Waals surface area contributed by atoms with Gasteiger partial charge in [-0.3, -0.25) is 4.90 Å². The number of hydrogen-bond donors (Lipinski definition) is 1. The molecule has 0 radical (unpaired) electrons. The van der Waals surface area contributed by atoms with Crippen LogP contribution in [-0.2, 0) is 0 Å². The molecule has 1 saturated heterocycles. The van der Waals surface area contributed by atoms with E-state index < -0.39 is 0 Å². The Balaban J connectivity index is 2.04. The van der Waals surface area contributed by atoms with Crippen LogP contribution >= 0.6 is 0 Å². The molecule has 2 heteroatoms. The molecule has 4 unspecified atom stereocenters. The molecular weight excluding hydrogens is 244 g/mol. The van der Waals surface area contributed by atoms with Crippen LogP contribution in [0.3, 0.4) is 0 Å². The Morgan fingerprint density at radius 3 is 2.65 bits per heavy atom. The van der Waals surface area contributed by atoms with Gasteiger partial charge in [0.25, 0.3) is 0 Å². The van der Waals surface area contributed by atoms with E-state index >= 15 is 0 Å². The number of nitrogens with one attached hydrogen (secondary N) is 1. The van der Waals surface area contributed by atoms with Gasteiger partial charge in [0, 0.05) is 18.1 Å². The lowest BCUT2D eigenvalue weighted by Gasteiger charge is -2.45. The lowest BCUT2D eigenvalue weighted by Crippen LogP contribution is -2.55. The van der Waals surface area contributed by atoms with Crippen molar-refractivity contribution < 1.29 is 0 Å². The SMILES string of the molecule is CCCC1CCC(NCC)C(N2CCCCCC2C)C1. The summed E-state index contributed by atoms with van der Waals surface area (Å²) in [7, 11) is 0. The summed E-state index contributed by atoms with van der Waals surface area (Å²) in [4.78, 5) is 2.88. The number of nitrogens with zero attached hydrogens (tertiary/aromatic N) is 1. The number of hydrogen-bond acceptors (Lipinski definition) is 2. The zero-order chi connectivity index (χ0) is 14.4. The van der Waals surface area contributed by atoms with Gasteiger partial charge in [0.1, 0.15) is 0 Å². The molecule has 20 heavy (non-hydrogen) atoms. The second-order valence-corrected chi connectivity index (χ2v) is 7.14. The Bertz CT molecular complexity index is 266. The van der Waals surface area contributed by atoms with Crippen molar-refractivity contribution in [1.29, 1.82) is 0 Å². The molecule has 0 aromatic rings. The van der Waals surface area contributed by atoms with Crippen molar-refractivity contribution in [2.45, 2.75) is 96.7 Å². The van der Waals surface area contributed by atoms with Crippen LogP contribution in [0.4, 0.5) is 0 Å². The zero-order valence-corrected chi connectivity index (χ0v) is 14.0. The molecule has 2 aliphatic rings. The lowest BCUT2D eigenvalue weighted by molar-refractivity contribution is 0.0661. The van der Waals surface area contributed by atoms with Crippen molar-refractivity contribution in [2.75, 3.05) is 13.1 Å². The van der Waals surface area contributed by atoms with Gasteiger partial charge in [-0.05, 0) is 58.0 Å². The minimum atomic E-state index is 0.744. The van der Waals surface area contributed by atoms with Crippen LogP contribution in [0.2, 0.25) is 0 Å². The molecule has 1 N–H and O–H groups in total. The predicted molar refractivity (Wildman–Crippen MR) is 88.1 cm³/mol. The average molecular weight is 280 g/mol. The molecule has 4 atom stereocenters. The van der Waals surface area contributed by atoms with Gasteiger partial charge in [0.2, 0.25) is 0 Å². The van der Waals surface area contributed by atoms with Crippen LogP contribution in [0, 0.1) is 5.92 Å². The summed E-state index contributed by atoms with van der Waals surface area (Å²) in [6.07, 6.45) is 12.8. The standard InChI is InChI=1S/C18H36N2/c1-4-9-16-11-12-17(19-5-2)18(14-16)20-13-8-6-7-10-15(20)3/h15-19H,4-14H2,1-3H3. The minimum absolute atomic E-state index is 0.744. The van der Waals surface area contributed by atoms with Gasteiger partial charge < -0.3 is 5.32 Å². The molecule has 2 rings (SSSR count). The van der Waals surface area contributed by atoms with Crippen molar-refractivity contribution in [3.05, 3.63) is 0 Å². The van der Waals surface area contributed by atoms with Crippen LogP contribution in [0.25, 0.3) is 0 Å². The molecule has 1 saturated carbocycles. The Morgan fingerprint density at radius 1 is 1.05 bits per heavy atom. The molecular formula is C18H36N2. The van der Waals surface area contributed by atoms with Crippen molar-refractivity contribution in [2.24, 2.45) is 5.92 Å². The monoisotopic (exact) mass is 280 g/mol. The fourth-order valence-corrected chi connectivity index (χ4v) is 4.56. The quantitative estimate of drug-likeness (QED) is 0.812. The first-order chi connectivity index (χ1) is 9.76. The second kappa shape index (κ2) is 8.38. The van der Waals surface area contributed by atoms with E-state index in [1.54, 1.807) is 0 Å². The molecule has 2 fully saturated rings. The third kappa shape index (κ3) is 4.21. The Kier molecular flexibility index (Phi) is 6.83. The highest BCUT2D eigenvalue weighted by atomic mass is 15.2. The molecule has 1 heterocycles. The van der Waals surface area contributed by atoms with Crippen molar-refractivity contribution in [1.82, 2.24) is 10.2 Å². The molecule has 0 aromatic heterocycles. The molecule has 0 aromatic carbocycles. The smallest absolute Gasteiger partial charge is 0.0254 e. The maximum Gasteiger partial charge on any atom is 0.0254 e. The topological polar surface area (TPSA) is 15.3 Å². The maximum absolute atomic E-state index is 3.79. The zero-order valence-electron chi connectivity index (χ0n) is 14.0. The van der Waals surface area contributed by atoms with E-state index in [4.69, 9.17) is 0 Å². The van der Waals surface area contributed by atoms with Crippen LogP contribution in [0.1, 0.15) is 78.6 Å². The summed E-state index contributed by atoms with van der Waals surface area (Å²) in [6.45, 7) is 9.55. The summed E-state index contributed by atoms with van der Waals surface area (Å²) in [5.74, 6) is 0.982. The Morgan fingerprint density at radius 2 is 1.90 bits per heavy atom. The van der Waals surface area contributed by atoms with Crippen molar-refractivity contribution in [3.8, 4) is 0 Å². The highest BCUT2D eigenvalue weighted by Gasteiger charge is 2.35. The normalized spacial score (nSPS) is 36.8. The molecule has 1 aliphatic carbocycles. The molecule has 0 amide bonds. The van der Waals surface area contributed by atoms with Crippen molar-refractivity contribution >= 4 is 0 Å². The molecule has 0 spiro atoms. The van der Waals surface area contributed by atoms with Gasteiger partial charge >= 0.3 is 0 Å². The third-order valence-corrected chi connectivity index (χ3v) is 5.62. The number of rotatable bonds is 5. The highest BCUT2D eigenvalue weighted by molar-refractivity contribution is 4.93. The van der Waals surface area contributed by atoms with Gasteiger partial charge in [0.15, 0.2) is 0 Å². The minimum Gasteiger partial charge on any atom is -0.313 e. The molecule has 118 valence electrons. The maximum atomic E-state index is 3.79. The second-order valence-electron chi connectivity index (χ2n) is 7.14. The summed E-state index contributed by atoms with van der Waals surface area (Å²) < 4.78 is 0. The fraction of sp³-hybridized carbons (Fsp3) is 1.00. The van der Waals surface area contributed by atoms with Crippen molar-refractivity contribution in [3.63, 3.8) is 0 Å². The largest absolute Gasteiger partial charge is 0.313 e. The predicted octanol–water partition coefficient (Wildman–Crippen LogP) is 4.20. The third-order valence-electron chi connectivity index (χ3n) is 5.62. The van der Waals surface area contributed by atoms with Gasteiger partial charge in [-0.15, -0.1) is 0 Å². The highest BCUT2D eigenvalue weighted by Crippen LogP contribution is 2.33. The van der Waals surface area contributed by atoms with E-state index in [2.05, 4.69) is 31.0 Å². The van der Waals surface area contributed by atoms with Crippen LogP contribution in [0.15, 0.2) is 0 Å². The Hall–Kier alpha value is -0.0800. The molecule has 0 bridgehead atoms. The van der Waals surface area contributed by atoms with E-state index in [1.165, 1.54) is 64.3 Å². The van der Waals surface area contributed by atoms with Crippen LogP contribution in [-0.4, -0.2) is 36.1 Å². The summed E-state index contributed by atoms with van der Waals surface area (Å²) >= 11 is 0. The first kappa shape index (κ1) is 16.3. The van der Waals surface area contributed by atoms with E-state index in [0.29, 0.717) is 0 Å². The first-order valence-corrected chi connectivity index (χ1v) is 9.25. The average Bonchev–Trinajstić information content (AvgIpc) is 2.66. The van der Waals surface area contributed by atoms with Gasteiger partial charge in [-0.25, -0.2) is 0 Å². The van der Waals surface area contributed by atoms with Crippen LogP contribution in [0.5, 0.6) is 0 Å². The van der Waals surface area contributed by atoms with Gasteiger partial charge in [-0.2, -0.15) is 0 Å². The lowest BCUT2D eigenvalue weighted by atomic mass is 9.79. The molecule has 2 nitrogen and oxygen atoms in total. The van der Waals surface area contributed by atoms with E-state index in [-0.39, 0.29) is 0 Å². The summed E-state index contributed by atoms with van der Waals surface area (Å²) in [6, 6.07) is 2.34. The fourth-order valence-electron chi connectivity index (χ4n) is 4.56. The van der Waals surface area contributed by atoms with Gasteiger partial charge in [-0.1, -0.05) is 39.5 Å². The van der Waals surface area contributed by atoms with E-state index in [9.17, 15) is 0 Å². The van der Waals surface area contributed by atoms with E-state index in [1.807, 2.05) is 0 Å². The summed E-state index contributed by atoms with van der Waals surface area (Å²) in [5, 5.41) is 3.79. The van der Waals surface area contributed by atoms with Crippen LogP contribution < -0.4 is 5.32 Å².